The van der Waals surface area contributed by atoms with Crippen molar-refractivity contribution >= 4 is 35.1 Å². The molecule has 0 saturated carbocycles. The highest BCUT2D eigenvalue weighted by atomic mass is 35.5. The molecule has 0 aliphatic carbocycles. The summed E-state index contributed by atoms with van der Waals surface area (Å²) >= 11 is 5.87. The van der Waals surface area contributed by atoms with Crippen molar-refractivity contribution in [1.29, 1.82) is 0 Å². The van der Waals surface area contributed by atoms with Crippen molar-refractivity contribution in [1.82, 2.24) is 4.90 Å². The average molecular weight is 457 g/mol. The second-order valence-electron chi connectivity index (χ2n) is 8.16. The Morgan fingerprint density at radius 3 is 2.28 bits per heavy atom. The predicted molar refractivity (Wildman–Crippen MR) is 125 cm³/mol. The summed E-state index contributed by atoms with van der Waals surface area (Å²) in [6, 6.07) is 14.5. The maximum atomic E-state index is 12.6. The Morgan fingerprint density at radius 2 is 1.69 bits per heavy atom. The number of benzene rings is 2. The standard InChI is InChI=1S/C25H29ClN2O4/c1-3-17(2)18-6-10-22(11-7-18)27-23(29)16-32-25(31)20-12-14-28(15-13-20)24(30)19-4-8-21(26)9-5-19/h4-11,17,20H,3,12-16H2,1-2H3,(H,27,29). The lowest BCUT2D eigenvalue weighted by Gasteiger charge is -2.31. The third kappa shape index (κ3) is 6.33. The second-order valence-corrected chi connectivity index (χ2v) is 8.60. The molecule has 6 nitrogen and oxygen atoms in total. The number of carbonyl (C=O) groups excluding carboxylic acids is 3. The van der Waals surface area contributed by atoms with Crippen LogP contribution in [0.3, 0.4) is 0 Å². The average Bonchev–Trinajstić information content (AvgIpc) is 2.82. The summed E-state index contributed by atoms with van der Waals surface area (Å²) in [5.74, 6) is -0.691. The minimum Gasteiger partial charge on any atom is -0.455 e. The Hall–Kier alpha value is -2.86. The minimum absolute atomic E-state index is 0.0767. The highest BCUT2D eigenvalue weighted by Gasteiger charge is 2.29. The molecule has 1 fully saturated rings. The first-order chi connectivity index (χ1) is 15.4. The first-order valence-corrected chi connectivity index (χ1v) is 11.4. The molecule has 0 bridgehead atoms. The minimum atomic E-state index is -0.397. The molecule has 1 saturated heterocycles. The summed E-state index contributed by atoms with van der Waals surface area (Å²) in [6.07, 6.45) is 2.07. The topological polar surface area (TPSA) is 75.7 Å². The smallest absolute Gasteiger partial charge is 0.309 e. The summed E-state index contributed by atoms with van der Waals surface area (Å²) in [7, 11) is 0. The van der Waals surface area contributed by atoms with Gasteiger partial charge in [0.25, 0.3) is 11.8 Å². The molecule has 2 aromatic carbocycles. The van der Waals surface area contributed by atoms with Crippen molar-refractivity contribution < 1.29 is 19.1 Å². The van der Waals surface area contributed by atoms with Gasteiger partial charge in [-0.15, -0.1) is 0 Å². The van der Waals surface area contributed by atoms with E-state index in [1.165, 1.54) is 5.56 Å². The van der Waals surface area contributed by atoms with Crippen LogP contribution in [0.15, 0.2) is 48.5 Å². The number of amides is 2. The number of hydrogen-bond donors (Lipinski definition) is 1. The van der Waals surface area contributed by atoms with E-state index in [4.69, 9.17) is 16.3 Å². The molecule has 2 aromatic rings. The van der Waals surface area contributed by atoms with E-state index in [2.05, 4.69) is 19.2 Å². The van der Waals surface area contributed by atoms with Gasteiger partial charge in [0.1, 0.15) is 0 Å². The fourth-order valence-corrected chi connectivity index (χ4v) is 3.80. The fourth-order valence-electron chi connectivity index (χ4n) is 3.68. The lowest BCUT2D eigenvalue weighted by molar-refractivity contribution is -0.152. The van der Waals surface area contributed by atoms with E-state index >= 15 is 0 Å². The number of halogens is 1. The Bertz CT molecular complexity index is 935. The van der Waals surface area contributed by atoms with Gasteiger partial charge >= 0.3 is 5.97 Å². The summed E-state index contributed by atoms with van der Waals surface area (Å²) in [5.41, 5.74) is 2.47. The van der Waals surface area contributed by atoms with E-state index in [0.29, 0.717) is 48.1 Å². The van der Waals surface area contributed by atoms with Gasteiger partial charge in [0.2, 0.25) is 0 Å². The van der Waals surface area contributed by atoms with Crippen LogP contribution < -0.4 is 5.32 Å². The predicted octanol–water partition coefficient (Wildman–Crippen LogP) is 4.89. The van der Waals surface area contributed by atoms with Gasteiger partial charge < -0.3 is 15.0 Å². The molecule has 1 atom stereocenters. The molecular weight excluding hydrogens is 428 g/mol. The Kier molecular flexibility index (Phi) is 8.28. The van der Waals surface area contributed by atoms with Gasteiger partial charge in [-0.3, -0.25) is 14.4 Å². The monoisotopic (exact) mass is 456 g/mol. The van der Waals surface area contributed by atoms with E-state index < -0.39 is 5.97 Å². The summed E-state index contributed by atoms with van der Waals surface area (Å²) in [5, 5.41) is 3.33. The number of carbonyl (C=O) groups is 3. The van der Waals surface area contributed by atoms with Crippen LogP contribution in [-0.4, -0.2) is 42.4 Å². The third-order valence-corrected chi connectivity index (χ3v) is 6.18. The SMILES string of the molecule is CCC(C)c1ccc(NC(=O)COC(=O)C2CCN(C(=O)c3ccc(Cl)cc3)CC2)cc1. The number of piperidine rings is 1. The van der Waals surface area contributed by atoms with Crippen LogP contribution in [0.2, 0.25) is 5.02 Å². The molecular formula is C25H29ClN2O4. The van der Waals surface area contributed by atoms with Gasteiger partial charge in [-0.05, 0) is 67.1 Å². The molecule has 3 rings (SSSR count). The van der Waals surface area contributed by atoms with Crippen molar-refractivity contribution in [3.63, 3.8) is 0 Å². The van der Waals surface area contributed by atoms with Crippen molar-refractivity contribution in [3.8, 4) is 0 Å². The summed E-state index contributed by atoms with van der Waals surface area (Å²) < 4.78 is 5.22. The Balaban J connectivity index is 1.41. The van der Waals surface area contributed by atoms with Crippen LogP contribution in [0.4, 0.5) is 5.69 Å². The molecule has 7 heteroatoms. The normalized spacial score (nSPS) is 15.2. The number of nitrogens with one attached hydrogen (secondary N) is 1. The number of esters is 1. The molecule has 32 heavy (non-hydrogen) atoms. The van der Waals surface area contributed by atoms with Gasteiger partial charge in [0.05, 0.1) is 5.92 Å². The van der Waals surface area contributed by atoms with E-state index in [1.807, 2.05) is 24.3 Å². The van der Waals surface area contributed by atoms with Gasteiger partial charge in [-0.2, -0.15) is 0 Å². The van der Waals surface area contributed by atoms with Gasteiger partial charge in [-0.1, -0.05) is 37.6 Å². The van der Waals surface area contributed by atoms with Crippen LogP contribution in [-0.2, 0) is 14.3 Å². The highest BCUT2D eigenvalue weighted by Crippen LogP contribution is 2.22. The molecule has 1 aliphatic heterocycles. The van der Waals surface area contributed by atoms with Gasteiger partial charge in [0, 0.05) is 29.4 Å². The molecule has 1 aliphatic rings. The first-order valence-electron chi connectivity index (χ1n) is 11.0. The van der Waals surface area contributed by atoms with Crippen LogP contribution in [0.25, 0.3) is 0 Å². The fraction of sp³-hybridized carbons (Fsp3) is 0.400. The lowest BCUT2D eigenvalue weighted by Crippen LogP contribution is -2.41. The van der Waals surface area contributed by atoms with Gasteiger partial charge in [-0.25, -0.2) is 0 Å². The molecule has 2 amide bonds. The zero-order chi connectivity index (χ0) is 23.1. The second kappa shape index (κ2) is 11.1. The third-order valence-electron chi connectivity index (χ3n) is 5.93. The van der Waals surface area contributed by atoms with E-state index in [0.717, 1.165) is 6.42 Å². The molecule has 1 heterocycles. The Labute approximate surface area is 193 Å². The van der Waals surface area contributed by atoms with Crippen molar-refractivity contribution in [2.24, 2.45) is 5.92 Å². The molecule has 170 valence electrons. The number of rotatable bonds is 7. The maximum absolute atomic E-state index is 12.6. The largest absolute Gasteiger partial charge is 0.455 e. The molecule has 0 spiro atoms. The van der Waals surface area contributed by atoms with E-state index in [1.54, 1.807) is 29.2 Å². The zero-order valence-electron chi connectivity index (χ0n) is 18.5. The lowest BCUT2D eigenvalue weighted by atomic mass is 9.96. The van der Waals surface area contributed by atoms with Crippen LogP contribution >= 0.6 is 11.6 Å². The van der Waals surface area contributed by atoms with Crippen LogP contribution in [0.5, 0.6) is 0 Å². The molecule has 1 N–H and O–H groups in total. The highest BCUT2D eigenvalue weighted by molar-refractivity contribution is 6.30. The maximum Gasteiger partial charge on any atom is 0.309 e. The van der Waals surface area contributed by atoms with E-state index in [-0.39, 0.29) is 24.3 Å². The van der Waals surface area contributed by atoms with Crippen LogP contribution in [0, 0.1) is 5.92 Å². The molecule has 0 aromatic heterocycles. The quantitative estimate of drug-likeness (QED) is 0.602. The van der Waals surface area contributed by atoms with Crippen LogP contribution in [0.1, 0.15) is 54.9 Å². The summed E-state index contributed by atoms with van der Waals surface area (Å²) in [6.45, 7) is 4.91. The van der Waals surface area contributed by atoms with Crippen molar-refractivity contribution in [2.75, 3.05) is 25.0 Å². The number of anilines is 1. The number of hydrogen-bond acceptors (Lipinski definition) is 4. The molecule has 0 radical (unpaired) electrons. The number of nitrogens with zero attached hydrogens (tertiary/aromatic N) is 1. The first kappa shape index (κ1) is 23.8. The van der Waals surface area contributed by atoms with E-state index in [9.17, 15) is 14.4 Å². The number of ether oxygens (including phenoxy) is 1. The molecule has 1 unspecified atom stereocenters. The summed E-state index contributed by atoms with van der Waals surface area (Å²) in [4.78, 5) is 38.8. The van der Waals surface area contributed by atoms with Gasteiger partial charge in [0.15, 0.2) is 6.61 Å². The number of likely N-dealkylation sites (tertiary alicyclic amines) is 1. The van der Waals surface area contributed by atoms with Crippen molar-refractivity contribution in [3.05, 3.63) is 64.7 Å². The zero-order valence-corrected chi connectivity index (χ0v) is 19.2. The Morgan fingerprint density at radius 1 is 1.06 bits per heavy atom. The van der Waals surface area contributed by atoms with Crippen molar-refractivity contribution in [2.45, 2.75) is 39.0 Å².